The minimum absolute atomic E-state index is 0.0141. The number of nitrogens with two attached hydrogens (primary N) is 1. The number of halogens is 3. The van der Waals surface area contributed by atoms with Crippen LogP contribution in [0.4, 0.5) is 24.5 Å². The van der Waals surface area contributed by atoms with Crippen LogP contribution in [0.5, 0.6) is 0 Å². The number of benzene rings is 2. The van der Waals surface area contributed by atoms with Crippen molar-refractivity contribution >= 4 is 23.2 Å². The molecule has 0 saturated heterocycles. The molecule has 0 radical (unpaired) electrons. The SMILES string of the molecule is Cc1ccc(NC(N)=NCC(=O)Nc2ccc(F)c(F)c2F)cc1. The van der Waals surface area contributed by atoms with Crippen LogP contribution in [0, 0.1) is 24.4 Å². The first-order valence-electron chi connectivity index (χ1n) is 6.94. The molecule has 1 amide bonds. The highest BCUT2D eigenvalue weighted by Crippen LogP contribution is 2.19. The molecular weight excluding hydrogens is 321 g/mol. The van der Waals surface area contributed by atoms with E-state index < -0.39 is 35.6 Å². The third-order valence-corrected chi connectivity index (χ3v) is 3.03. The van der Waals surface area contributed by atoms with Crippen LogP contribution in [0.2, 0.25) is 0 Å². The topological polar surface area (TPSA) is 79.5 Å². The largest absolute Gasteiger partial charge is 0.370 e. The zero-order chi connectivity index (χ0) is 17.7. The van der Waals surface area contributed by atoms with Gasteiger partial charge >= 0.3 is 0 Å². The number of aryl methyl sites for hydroxylation is 1. The second-order valence-corrected chi connectivity index (χ2v) is 4.96. The van der Waals surface area contributed by atoms with Crippen molar-refractivity contribution in [3.63, 3.8) is 0 Å². The summed E-state index contributed by atoms with van der Waals surface area (Å²) in [7, 11) is 0. The van der Waals surface area contributed by atoms with E-state index in [2.05, 4.69) is 15.6 Å². The van der Waals surface area contributed by atoms with Gasteiger partial charge in [-0.15, -0.1) is 0 Å². The van der Waals surface area contributed by atoms with Crippen molar-refractivity contribution in [3.05, 3.63) is 59.4 Å². The van der Waals surface area contributed by atoms with Crippen molar-refractivity contribution in [2.75, 3.05) is 17.2 Å². The summed E-state index contributed by atoms with van der Waals surface area (Å²) in [6, 6.07) is 8.94. The van der Waals surface area contributed by atoms with Crippen LogP contribution in [-0.2, 0) is 4.79 Å². The molecule has 126 valence electrons. The van der Waals surface area contributed by atoms with Crippen LogP contribution in [0.15, 0.2) is 41.4 Å². The molecule has 4 N–H and O–H groups in total. The van der Waals surface area contributed by atoms with E-state index in [1.807, 2.05) is 19.1 Å². The first-order chi connectivity index (χ1) is 11.4. The van der Waals surface area contributed by atoms with Gasteiger partial charge in [-0.05, 0) is 31.2 Å². The van der Waals surface area contributed by atoms with E-state index >= 15 is 0 Å². The van der Waals surface area contributed by atoms with E-state index in [4.69, 9.17) is 5.73 Å². The number of carbonyl (C=O) groups is 1. The highest BCUT2D eigenvalue weighted by Gasteiger charge is 2.14. The molecular formula is C16H15F3N4O. The summed E-state index contributed by atoms with van der Waals surface area (Å²) in [5, 5.41) is 4.87. The summed E-state index contributed by atoms with van der Waals surface area (Å²) in [6.45, 7) is 1.52. The molecule has 0 aromatic heterocycles. The summed E-state index contributed by atoms with van der Waals surface area (Å²) in [5.41, 5.74) is 6.92. The van der Waals surface area contributed by atoms with Crippen LogP contribution < -0.4 is 16.4 Å². The normalized spacial score (nSPS) is 11.2. The lowest BCUT2D eigenvalue weighted by molar-refractivity contribution is -0.114. The second kappa shape index (κ2) is 7.49. The number of guanidine groups is 1. The van der Waals surface area contributed by atoms with Crippen molar-refractivity contribution in [3.8, 4) is 0 Å². The third-order valence-electron chi connectivity index (χ3n) is 3.03. The average Bonchev–Trinajstić information content (AvgIpc) is 2.56. The summed E-state index contributed by atoms with van der Waals surface area (Å²) in [4.78, 5) is 15.5. The smallest absolute Gasteiger partial charge is 0.246 e. The lowest BCUT2D eigenvalue weighted by Gasteiger charge is -2.07. The number of aliphatic imine (C=N–C) groups is 1. The van der Waals surface area contributed by atoms with Gasteiger partial charge in [-0.2, -0.15) is 0 Å². The predicted molar refractivity (Wildman–Crippen MR) is 86.2 cm³/mol. The summed E-state index contributed by atoms with van der Waals surface area (Å²) >= 11 is 0. The Hall–Kier alpha value is -3.03. The molecule has 0 unspecified atom stereocenters. The van der Waals surface area contributed by atoms with Crippen LogP contribution in [-0.4, -0.2) is 18.4 Å². The molecule has 0 fully saturated rings. The number of carbonyl (C=O) groups excluding carboxylic acids is 1. The molecule has 0 heterocycles. The van der Waals surface area contributed by atoms with E-state index in [0.29, 0.717) is 11.8 Å². The summed E-state index contributed by atoms with van der Waals surface area (Å²) in [6.07, 6.45) is 0. The Kier molecular flexibility index (Phi) is 5.41. The maximum atomic E-state index is 13.4. The predicted octanol–water partition coefficient (Wildman–Crippen LogP) is 2.78. The summed E-state index contributed by atoms with van der Waals surface area (Å²) < 4.78 is 39.3. The minimum atomic E-state index is -1.66. The lowest BCUT2D eigenvalue weighted by atomic mass is 10.2. The van der Waals surface area contributed by atoms with Gasteiger partial charge in [-0.1, -0.05) is 17.7 Å². The van der Waals surface area contributed by atoms with Crippen LogP contribution >= 0.6 is 0 Å². The van der Waals surface area contributed by atoms with Crippen molar-refractivity contribution in [1.29, 1.82) is 0 Å². The fraction of sp³-hybridized carbons (Fsp3) is 0.125. The minimum Gasteiger partial charge on any atom is -0.370 e. The standard InChI is InChI=1S/C16H15F3N4O/c1-9-2-4-10(5-3-9)22-16(20)21-8-13(24)23-12-7-6-11(17)14(18)15(12)19/h2-7H,8H2,1H3,(H,23,24)(H3,20,21,22). The molecule has 0 bridgehead atoms. The van der Waals surface area contributed by atoms with Crippen molar-refractivity contribution in [1.82, 2.24) is 0 Å². The van der Waals surface area contributed by atoms with Crippen molar-refractivity contribution in [2.24, 2.45) is 10.7 Å². The molecule has 0 aliphatic heterocycles. The monoisotopic (exact) mass is 336 g/mol. The van der Waals surface area contributed by atoms with Gasteiger partial charge in [0.15, 0.2) is 23.4 Å². The number of hydrogen-bond donors (Lipinski definition) is 3. The fourth-order valence-electron chi connectivity index (χ4n) is 1.79. The van der Waals surface area contributed by atoms with E-state index in [1.165, 1.54) is 0 Å². The van der Waals surface area contributed by atoms with E-state index in [1.54, 1.807) is 12.1 Å². The Labute approximate surface area is 136 Å². The maximum absolute atomic E-state index is 13.4. The van der Waals surface area contributed by atoms with Gasteiger partial charge in [-0.3, -0.25) is 4.79 Å². The molecule has 0 spiro atoms. The molecule has 0 aliphatic carbocycles. The van der Waals surface area contributed by atoms with Gasteiger partial charge in [0, 0.05) is 5.69 Å². The number of hydrogen-bond acceptors (Lipinski definition) is 2. The van der Waals surface area contributed by atoms with E-state index in [9.17, 15) is 18.0 Å². The molecule has 5 nitrogen and oxygen atoms in total. The van der Waals surface area contributed by atoms with Gasteiger partial charge in [0.1, 0.15) is 6.54 Å². The molecule has 24 heavy (non-hydrogen) atoms. The molecule has 2 aromatic carbocycles. The summed E-state index contributed by atoms with van der Waals surface area (Å²) in [5.74, 6) is -5.21. The Morgan fingerprint density at radius 1 is 1.04 bits per heavy atom. The van der Waals surface area contributed by atoms with Gasteiger partial charge in [0.2, 0.25) is 5.91 Å². The molecule has 2 rings (SSSR count). The number of nitrogens with one attached hydrogen (secondary N) is 2. The van der Waals surface area contributed by atoms with Crippen molar-refractivity contribution < 1.29 is 18.0 Å². The van der Waals surface area contributed by atoms with Gasteiger partial charge in [0.05, 0.1) is 5.69 Å². The fourth-order valence-corrected chi connectivity index (χ4v) is 1.79. The Bertz CT molecular complexity index is 776. The van der Waals surface area contributed by atoms with E-state index in [0.717, 1.165) is 11.6 Å². The maximum Gasteiger partial charge on any atom is 0.246 e. The number of anilines is 2. The van der Waals surface area contributed by atoms with Crippen LogP contribution in [0.25, 0.3) is 0 Å². The Morgan fingerprint density at radius 3 is 2.38 bits per heavy atom. The number of rotatable bonds is 4. The third kappa shape index (κ3) is 4.48. The second-order valence-electron chi connectivity index (χ2n) is 4.96. The highest BCUT2D eigenvalue weighted by atomic mass is 19.2. The zero-order valence-corrected chi connectivity index (χ0v) is 12.7. The van der Waals surface area contributed by atoms with E-state index in [-0.39, 0.29) is 5.96 Å². The van der Waals surface area contributed by atoms with Crippen molar-refractivity contribution in [2.45, 2.75) is 6.92 Å². The number of amides is 1. The molecule has 0 atom stereocenters. The van der Waals surface area contributed by atoms with Gasteiger partial charge in [0.25, 0.3) is 0 Å². The Balaban J connectivity index is 1.94. The quantitative estimate of drug-likeness (QED) is 0.456. The average molecular weight is 336 g/mol. The Morgan fingerprint density at radius 2 is 1.71 bits per heavy atom. The van der Waals surface area contributed by atoms with Crippen LogP contribution in [0.1, 0.15) is 5.56 Å². The first kappa shape index (κ1) is 17.3. The lowest BCUT2D eigenvalue weighted by Crippen LogP contribution is -2.25. The van der Waals surface area contributed by atoms with Gasteiger partial charge in [-0.25, -0.2) is 18.2 Å². The highest BCUT2D eigenvalue weighted by molar-refractivity contribution is 5.97. The first-order valence-corrected chi connectivity index (χ1v) is 6.94. The number of nitrogens with zero attached hydrogens (tertiary/aromatic N) is 1. The van der Waals surface area contributed by atoms with Crippen LogP contribution in [0.3, 0.4) is 0 Å². The molecule has 8 heteroatoms. The zero-order valence-electron chi connectivity index (χ0n) is 12.7. The molecule has 2 aromatic rings. The molecule has 0 saturated carbocycles. The molecule has 0 aliphatic rings. The van der Waals surface area contributed by atoms with Gasteiger partial charge < -0.3 is 16.4 Å².